The van der Waals surface area contributed by atoms with Gasteiger partial charge in [0, 0.05) is 21.9 Å². The Morgan fingerprint density at radius 2 is 1.79 bits per heavy atom. The molecule has 0 aromatic heterocycles. The van der Waals surface area contributed by atoms with Crippen molar-refractivity contribution in [1.29, 1.82) is 0 Å². The van der Waals surface area contributed by atoms with Crippen LogP contribution < -0.4 is 0 Å². The fourth-order valence-electron chi connectivity index (χ4n) is 3.16. The van der Waals surface area contributed by atoms with Crippen LogP contribution in [0, 0.1) is 5.82 Å². The minimum Gasteiger partial charge on any atom is -0.206 e. The van der Waals surface area contributed by atoms with Crippen molar-refractivity contribution in [2.45, 2.75) is 26.7 Å². The maximum atomic E-state index is 14.8. The van der Waals surface area contributed by atoms with Crippen LogP contribution in [0.4, 0.5) is 4.39 Å². The Morgan fingerprint density at radius 1 is 1.04 bits per heavy atom. The molecule has 124 valence electrons. The second-order valence-corrected chi connectivity index (χ2v) is 7.57. The minimum atomic E-state index is -0.198. The van der Waals surface area contributed by atoms with E-state index in [1.807, 2.05) is 24.3 Å². The summed E-state index contributed by atoms with van der Waals surface area (Å²) in [5.41, 5.74) is 4.66. The molecule has 0 bridgehead atoms. The Bertz CT molecular complexity index is 806. The molecule has 0 unspecified atom stereocenters. The highest BCUT2D eigenvalue weighted by Crippen LogP contribution is 2.45. The predicted molar refractivity (Wildman–Crippen MR) is 105 cm³/mol. The van der Waals surface area contributed by atoms with Crippen molar-refractivity contribution in [3.05, 3.63) is 81.0 Å². The van der Waals surface area contributed by atoms with Gasteiger partial charge in [0.15, 0.2) is 0 Å². The number of hydrogen-bond acceptors (Lipinski definition) is 1. The van der Waals surface area contributed by atoms with Crippen molar-refractivity contribution in [3.8, 4) is 0 Å². The van der Waals surface area contributed by atoms with Crippen LogP contribution in [0.5, 0.6) is 0 Å². The SMILES string of the molecule is CCc1cccc(F)c1C1=C(Cl)CCSC(C)=C1c1ccccc1. The van der Waals surface area contributed by atoms with Gasteiger partial charge >= 0.3 is 0 Å². The molecule has 0 nitrogen and oxygen atoms in total. The van der Waals surface area contributed by atoms with E-state index in [-0.39, 0.29) is 5.82 Å². The average molecular weight is 359 g/mol. The van der Waals surface area contributed by atoms with Crippen molar-refractivity contribution < 1.29 is 4.39 Å². The Kier molecular flexibility index (Phi) is 5.47. The molecule has 24 heavy (non-hydrogen) atoms. The van der Waals surface area contributed by atoms with Gasteiger partial charge in [0.05, 0.1) is 0 Å². The number of halogens is 2. The number of benzene rings is 2. The molecule has 0 radical (unpaired) electrons. The first-order valence-electron chi connectivity index (χ1n) is 8.19. The summed E-state index contributed by atoms with van der Waals surface area (Å²) < 4.78 is 14.8. The van der Waals surface area contributed by atoms with Gasteiger partial charge in [-0.25, -0.2) is 4.39 Å². The zero-order valence-electron chi connectivity index (χ0n) is 13.9. The van der Waals surface area contributed by atoms with Crippen LogP contribution in [0.2, 0.25) is 0 Å². The minimum absolute atomic E-state index is 0.198. The van der Waals surface area contributed by atoms with Gasteiger partial charge in [0.2, 0.25) is 0 Å². The molecule has 0 atom stereocenters. The molecule has 3 rings (SSSR count). The third kappa shape index (κ3) is 3.31. The second kappa shape index (κ2) is 7.58. The monoisotopic (exact) mass is 358 g/mol. The van der Waals surface area contributed by atoms with Gasteiger partial charge in [-0.15, -0.1) is 11.8 Å². The van der Waals surface area contributed by atoms with Crippen LogP contribution in [0.1, 0.15) is 37.0 Å². The molecular weight excluding hydrogens is 339 g/mol. The first-order chi connectivity index (χ1) is 11.6. The third-order valence-corrected chi connectivity index (χ3v) is 5.73. The molecule has 2 aromatic rings. The van der Waals surface area contributed by atoms with E-state index in [2.05, 4.69) is 26.0 Å². The molecule has 2 aromatic carbocycles. The number of hydrogen-bond donors (Lipinski definition) is 0. The standard InChI is InChI=1S/C21H20ClFS/c1-3-15-10-7-11-18(23)20(15)21-17(22)12-13-24-14(2)19(21)16-8-5-4-6-9-16/h4-11H,3,12-13H2,1-2H3. The molecule has 3 heteroatoms. The summed E-state index contributed by atoms with van der Waals surface area (Å²) in [5, 5.41) is 0.748. The molecule has 0 saturated carbocycles. The van der Waals surface area contributed by atoms with E-state index in [4.69, 9.17) is 11.6 Å². The van der Waals surface area contributed by atoms with E-state index in [0.717, 1.165) is 45.9 Å². The second-order valence-electron chi connectivity index (χ2n) is 5.80. The van der Waals surface area contributed by atoms with E-state index in [1.165, 1.54) is 11.0 Å². The summed E-state index contributed by atoms with van der Waals surface area (Å²) >= 11 is 8.49. The van der Waals surface area contributed by atoms with Crippen LogP contribution in [0.25, 0.3) is 11.1 Å². The van der Waals surface area contributed by atoms with E-state index in [1.54, 1.807) is 17.8 Å². The summed E-state index contributed by atoms with van der Waals surface area (Å²) in [4.78, 5) is 1.19. The number of thioether (sulfide) groups is 1. The van der Waals surface area contributed by atoms with Gasteiger partial charge in [-0.1, -0.05) is 61.0 Å². The van der Waals surface area contributed by atoms with Crippen LogP contribution >= 0.6 is 23.4 Å². The molecule has 0 spiro atoms. The highest BCUT2D eigenvalue weighted by Gasteiger charge is 2.24. The lowest BCUT2D eigenvalue weighted by Crippen LogP contribution is -2.01. The zero-order valence-corrected chi connectivity index (χ0v) is 15.5. The molecule has 0 amide bonds. The molecule has 1 heterocycles. The predicted octanol–water partition coefficient (Wildman–Crippen LogP) is 6.91. The quantitative estimate of drug-likeness (QED) is 0.574. The molecule has 1 aliphatic rings. The van der Waals surface area contributed by atoms with Gasteiger partial charge in [0.25, 0.3) is 0 Å². The summed E-state index contributed by atoms with van der Waals surface area (Å²) in [5.74, 6) is 0.719. The number of aryl methyl sites for hydroxylation is 1. The van der Waals surface area contributed by atoms with Crippen molar-refractivity contribution in [2.75, 3.05) is 5.75 Å². The highest BCUT2D eigenvalue weighted by molar-refractivity contribution is 8.03. The summed E-state index contributed by atoms with van der Waals surface area (Å²) in [6, 6.07) is 15.5. The first kappa shape index (κ1) is 17.3. The fraction of sp³-hybridized carbons (Fsp3) is 0.238. The van der Waals surface area contributed by atoms with Crippen LogP contribution in [0.15, 0.2) is 58.5 Å². The van der Waals surface area contributed by atoms with Crippen molar-refractivity contribution >= 4 is 34.5 Å². The largest absolute Gasteiger partial charge is 0.206 e. The summed E-state index contributed by atoms with van der Waals surface area (Å²) in [6.07, 6.45) is 1.53. The first-order valence-corrected chi connectivity index (χ1v) is 9.55. The Hall–Kier alpha value is -1.51. The normalized spacial score (nSPS) is 15.7. The van der Waals surface area contributed by atoms with Gasteiger partial charge in [0.1, 0.15) is 5.82 Å². The van der Waals surface area contributed by atoms with E-state index < -0.39 is 0 Å². The molecule has 0 saturated heterocycles. The molecule has 0 N–H and O–H groups in total. The maximum absolute atomic E-state index is 14.8. The van der Waals surface area contributed by atoms with Crippen LogP contribution in [-0.4, -0.2) is 5.75 Å². The van der Waals surface area contributed by atoms with Gasteiger partial charge in [-0.3, -0.25) is 0 Å². The molecule has 0 fully saturated rings. The lowest BCUT2D eigenvalue weighted by molar-refractivity contribution is 0.622. The van der Waals surface area contributed by atoms with Gasteiger partial charge in [-0.2, -0.15) is 0 Å². The van der Waals surface area contributed by atoms with Crippen LogP contribution in [-0.2, 0) is 6.42 Å². The summed E-state index contributed by atoms with van der Waals surface area (Å²) in [6.45, 7) is 4.16. The smallest absolute Gasteiger partial charge is 0.131 e. The summed E-state index contributed by atoms with van der Waals surface area (Å²) in [7, 11) is 0. The van der Waals surface area contributed by atoms with Crippen molar-refractivity contribution in [1.82, 2.24) is 0 Å². The lowest BCUT2D eigenvalue weighted by Gasteiger charge is -2.19. The zero-order chi connectivity index (χ0) is 17.1. The topological polar surface area (TPSA) is 0 Å². The van der Waals surface area contributed by atoms with E-state index in [9.17, 15) is 4.39 Å². The lowest BCUT2D eigenvalue weighted by atomic mass is 9.87. The van der Waals surface area contributed by atoms with Crippen molar-refractivity contribution in [3.63, 3.8) is 0 Å². The van der Waals surface area contributed by atoms with E-state index in [0.29, 0.717) is 5.56 Å². The van der Waals surface area contributed by atoms with Crippen molar-refractivity contribution in [2.24, 2.45) is 0 Å². The molecule has 1 aliphatic heterocycles. The highest BCUT2D eigenvalue weighted by atomic mass is 35.5. The number of rotatable bonds is 3. The fourth-order valence-corrected chi connectivity index (χ4v) is 4.53. The van der Waals surface area contributed by atoms with Gasteiger partial charge < -0.3 is 0 Å². The third-order valence-electron chi connectivity index (χ3n) is 4.31. The molecule has 0 aliphatic carbocycles. The van der Waals surface area contributed by atoms with Crippen LogP contribution in [0.3, 0.4) is 0 Å². The Balaban J connectivity index is 2.32. The maximum Gasteiger partial charge on any atom is 0.131 e. The van der Waals surface area contributed by atoms with E-state index >= 15 is 0 Å². The number of allylic oxidation sites excluding steroid dienone is 4. The Labute approximate surface area is 152 Å². The Morgan fingerprint density at radius 3 is 2.50 bits per heavy atom. The molecular formula is C21H20ClFS. The average Bonchev–Trinajstić information content (AvgIpc) is 2.74. The van der Waals surface area contributed by atoms with Gasteiger partial charge in [-0.05, 0) is 47.4 Å².